The van der Waals surface area contributed by atoms with Crippen LogP contribution in [0.2, 0.25) is 0 Å². The van der Waals surface area contributed by atoms with Crippen LogP contribution in [0, 0.1) is 0 Å². The third kappa shape index (κ3) is 5.14. The van der Waals surface area contributed by atoms with Crippen molar-refractivity contribution < 1.29 is 17.9 Å². The fourth-order valence-corrected chi connectivity index (χ4v) is 2.45. The highest BCUT2D eigenvalue weighted by Crippen LogP contribution is 2.34. The van der Waals surface area contributed by atoms with Gasteiger partial charge in [-0.25, -0.2) is 8.42 Å². The third-order valence-electron chi connectivity index (χ3n) is 1.93. The Kier molecular flexibility index (Phi) is 5.55. The molecule has 7 heteroatoms. The molecule has 0 bridgehead atoms. The zero-order valence-corrected chi connectivity index (χ0v) is 12.3. The number of hydrogen-bond donors (Lipinski definition) is 0. The maximum Gasteiger partial charge on any atom is 0.232 e. The second kappa shape index (κ2) is 6.47. The molecule has 0 unspecified atom stereocenters. The van der Waals surface area contributed by atoms with E-state index >= 15 is 0 Å². The Balaban J connectivity index is 2.57. The number of methoxy groups -OCH3 is 1. The van der Waals surface area contributed by atoms with Crippen LogP contribution in [-0.4, -0.2) is 27.9 Å². The highest BCUT2D eigenvalue weighted by atomic mass is 79.9. The van der Waals surface area contributed by atoms with Gasteiger partial charge in [0.25, 0.3) is 0 Å². The lowest BCUT2D eigenvalue weighted by atomic mass is 10.3. The van der Waals surface area contributed by atoms with Gasteiger partial charge in [0.2, 0.25) is 9.05 Å². The maximum atomic E-state index is 10.7. The first kappa shape index (κ1) is 14.6. The van der Waals surface area contributed by atoms with E-state index in [0.717, 1.165) is 4.47 Å². The van der Waals surface area contributed by atoms with Gasteiger partial charge in [-0.05, 0) is 34.5 Å². The van der Waals surface area contributed by atoms with Crippen molar-refractivity contribution in [3.05, 3.63) is 22.7 Å². The largest absolute Gasteiger partial charge is 0.493 e. The fourth-order valence-electron chi connectivity index (χ4n) is 1.20. The SMILES string of the molecule is COc1cccc(Br)c1OCCCS(=O)(=O)Cl. The average Bonchev–Trinajstić information content (AvgIpc) is 2.24. The van der Waals surface area contributed by atoms with Gasteiger partial charge in [-0.3, -0.25) is 0 Å². The summed E-state index contributed by atoms with van der Waals surface area (Å²) in [6.07, 6.45) is 0.330. The standard InChI is InChI=1S/C10H12BrClO4S/c1-15-9-5-2-4-8(11)10(9)16-6-3-7-17(12,13)14/h2,4-5H,3,6-7H2,1H3. The van der Waals surface area contributed by atoms with E-state index in [0.29, 0.717) is 17.9 Å². The van der Waals surface area contributed by atoms with E-state index in [1.165, 1.54) is 7.11 Å². The van der Waals surface area contributed by atoms with Gasteiger partial charge >= 0.3 is 0 Å². The van der Waals surface area contributed by atoms with Crippen LogP contribution >= 0.6 is 26.6 Å². The lowest BCUT2D eigenvalue weighted by Gasteiger charge is -2.11. The van der Waals surface area contributed by atoms with Gasteiger partial charge in [0, 0.05) is 10.7 Å². The highest BCUT2D eigenvalue weighted by Gasteiger charge is 2.09. The zero-order chi connectivity index (χ0) is 12.9. The molecule has 0 aliphatic heterocycles. The Morgan fingerprint density at radius 2 is 2.12 bits per heavy atom. The molecule has 0 radical (unpaired) electrons. The van der Waals surface area contributed by atoms with Gasteiger partial charge in [0.1, 0.15) is 0 Å². The van der Waals surface area contributed by atoms with Crippen molar-refractivity contribution in [2.75, 3.05) is 19.5 Å². The molecule has 1 aromatic rings. The zero-order valence-electron chi connectivity index (χ0n) is 9.15. The summed E-state index contributed by atoms with van der Waals surface area (Å²) < 4.78 is 32.8. The number of rotatable bonds is 6. The minimum atomic E-state index is -3.46. The monoisotopic (exact) mass is 342 g/mol. The van der Waals surface area contributed by atoms with Gasteiger partial charge in [-0.15, -0.1) is 0 Å². The molecule has 0 saturated carbocycles. The minimum absolute atomic E-state index is 0.110. The maximum absolute atomic E-state index is 10.7. The Bertz CT molecular complexity index is 475. The summed E-state index contributed by atoms with van der Waals surface area (Å²) in [5.74, 6) is 1.04. The van der Waals surface area contributed by atoms with Crippen molar-refractivity contribution in [2.45, 2.75) is 6.42 Å². The highest BCUT2D eigenvalue weighted by molar-refractivity contribution is 9.10. The smallest absolute Gasteiger partial charge is 0.232 e. The molecule has 0 heterocycles. The van der Waals surface area contributed by atoms with E-state index in [1.54, 1.807) is 6.07 Å². The van der Waals surface area contributed by atoms with E-state index in [9.17, 15) is 8.42 Å². The van der Waals surface area contributed by atoms with Crippen LogP contribution in [0.4, 0.5) is 0 Å². The van der Waals surface area contributed by atoms with Crippen LogP contribution in [0.5, 0.6) is 11.5 Å². The van der Waals surface area contributed by atoms with Crippen LogP contribution in [0.1, 0.15) is 6.42 Å². The average molecular weight is 344 g/mol. The molecular formula is C10H12BrClO4S. The number of para-hydroxylation sites is 1. The van der Waals surface area contributed by atoms with E-state index in [1.807, 2.05) is 12.1 Å². The molecule has 1 aromatic carbocycles. The number of ether oxygens (including phenoxy) is 2. The van der Waals surface area contributed by atoms with Gasteiger partial charge < -0.3 is 9.47 Å². The quantitative estimate of drug-likeness (QED) is 0.589. The van der Waals surface area contributed by atoms with Crippen LogP contribution < -0.4 is 9.47 Å². The van der Waals surface area contributed by atoms with Gasteiger partial charge in [-0.2, -0.15) is 0 Å². The summed E-state index contributed by atoms with van der Waals surface area (Å²) in [5.41, 5.74) is 0. The predicted molar refractivity (Wildman–Crippen MR) is 70.4 cm³/mol. The first-order chi connectivity index (χ1) is 7.94. The molecule has 4 nitrogen and oxygen atoms in total. The molecule has 0 fully saturated rings. The predicted octanol–water partition coefficient (Wildman–Crippen LogP) is 2.80. The molecular weight excluding hydrogens is 332 g/mol. The minimum Gasteiger partial charge on any atom is -0.493 e. The Morgan fingerprint density at radius 1 is 1.41 bits per heavy atom. The van der Waals surface area contributed by atoms with Gasteiger partial charge in [-0.1, -0.05) is 6.07 Å². The fraction of sp³-hybridized carbons (Fsp3) is 0.400. The lowest BCUT2D eigenvalue weighted by Crippen LogP contribution is -2.05. The van der Waals surface area contributed by atoms with Crippen molar-refractivity contribution in [1.82, 2.24) is 0 Å². The number of halogens is 2. The first-order valence-electron chi connectivity index (χ1n) is 4.81. The number of hydrogen-bond acceptors (Lipinski definition) is 4. The molecule has 0 aliphatic rings. The topological polar surface area (TPSA) is 52.6 Å². The van der Waals surface area contributed by atoms with Gasteiger partial charge in [0.05, 0.1) is 23.9 Å². The molecule has 0 amide bonds. The van der Waals surface area contributed by atoms with E-state index in [2.05, 4.69) is 15.9 Å². The van der Waals surface area contributed by atoms with Crippen molar-refractivity contribution >= 4 is 35.7 Å². The normalized spacial score (nSPS) is 11.2. The summed E-state index contributed by atoms with van der Waals surface area (Å²) >= 11 is 3.33. The molecule has 17 heavy (non-hydrogen) atoms. The lowest BCUT2D eigenvalue weighted by molar-refractivity contribution is 0.293. The molecule has 0 aliphatic carbocycles. The van der Waals surface area contributed by atoms with Crippen molar-refractivity contribution in [3.63, 3.8) is 0 Å². The summed E-state index contributed by atoms with van der Waals surface area (Å²) in [6.45, 7) is 0.255. The summed E-state index contributed by atoms with van der Waals surface area (Å²) in [6, 6.07) is 5.40. The summed E-state index contributed by atoms with van der Waals surface area (Å²) in [5, 5.41) is 0. The molecule has 0 saturated heterocycles. The third-order valence-corrected chi connectivity index (χ3v) is 3.79. The van der Waals surface area contributed by atoms with E-state index in [-0.39, 0.29) is 12.4 Å². The van der Waals surface area contributed by atoms with Crippen LogP contribution in [0.15, 0.2) is 22.7 Å². The van der Waals surface area contributed by atoms with Crippen LogP contribution in [0.3, 0.4) is 0 Å². The molecule has 96 valence electrons. The second-order valence-corrected chi connectivity index (χ2v) is 6.97. The Labute approximate surface area is 113 Å². The Morgan fingerprint density at radius 3 is 2.71 bits per heavy atom. The number of benzene rings is 1. The van der Waals surface area contributed by atoms with E-state index in [4.69, 9.17) is 20.2 Å². The van der Waals surface area contributed by atoms with E-state index < -0.39 is 9.05 Å². The molecule has 0 spiro atoms. The van der Waals surface area contributed by atoms with Crippen molar-refractivity contribution in [3.8, 4) is 11.5 Å². The summed E-state index contributed by atoms with van der Waals surface area (Å²) in [7, 11) is 3.17. The van der Waals surface area contributed by atoms with Crippen LogP contribution in [0.25, 0.3) is 0 Å². The van der Waals surface area contributed by atoms with Crippen molar-refractivity contribution in [1.29, 1.82) is 0 Å². The van der Waals surface area contributed by atoms with Crippen molar-refractivity contribution in [2.24, 2.45) is 0 Å². The second-order valence-electron chi connectivity index (χ2n) is 3.22. The molecule has 0 N–H and O–H groups in total. The van der Waals surface area contributed by atoms with Gasteiger partial charge in [0.15, 0.2) is 11.5 Å². The Hall–Kier alpha value is -0.460. The molecule has 0 aromatic heterocycles. The summed E-state index contributed by atoms with van der Waals surface area (Å²) in [4.78, 5) is 0. The first-order valence-corrected chi connectivity index (χ1v) is 8.09. The molecule has 1 rings (SSSR count). The van der Waals surface area contributed by atoms with Crippen LogP contribution in [-0.2, 0) is 9.05 Å². The molecule has 0 atom stereocenters.